The summed E-state index contributed by atoms with van der Waals surface area (Å²) < 4.78 is 12.4. The fraction of sp³-hybridized carbons (Fsp3) is 0.500. The molecule has 0 unspecified atom stereocenters. The number of primary amides is 1. The Balaban J connectivity index is 1.65. The van der Waals surface area contributed by atoms with E-state index in [2.05, 4.69) is 32.6 Å². The third-order valence-corrected chi connectivity index (χ3v) is 5.75. The Morgan fingerprint density at radius 1 is 1.30 bits per heavy atom. The van der Waals surface area contributed by atoms with Crippen LogP contribution in [0.15, 0.2) is 18.5 Å². The Labute approximate surface area is 192 Å². The van der Waals surface area contributed by atoms with Gasteiger partial charge in [0.15, 0.2) is 5.82 Å². The van der Waals surface area contributed by atoms with Gasteiger partial charge in [0.1, 0.15) is 16.8 Å². The molecule has 4 heterocycles. The number of hydrogen-bond acceptors (Lipinski definition) is 9. The zero-order valence-electron chi connectivity index (χ0n) is 19.0. The zero-order valence-corrected chi connectivity index (χ0v) is 19.0. The summed E-state index contributed by atoms with van der Waals surface area (Å²) in [5.41, 5.74) is 8.34. The molecule has 0 saturated carbocycles. The number of methoxy groups -OCH3 is 1. The number of nitrogens with zero attached hydrogens (tertiary/aromatic N) is 5. The maximum absolute atomic E-state index is 11.2. The number of aromatic nitrogens is 5. The fourth-order valence-corrected chi connectivity index (χ4v) is 4.03. The summed E-state index contributed by atoms with van der Waals surface area (Å²) in [4.78, 5) is 24.5. The van der Waals surface area contributed by atoms with Crippen LogP contribution in [-0.2, 0) is 6.54 Å². The number of unbranched alkanes of at least 4 members (excludes halogenated alkanes) is 1. The highest BCUT2D eigenvalue weighted by Gasteiger charge is 2.20. The molecule has 4 rings (SSSR count). The molecule has 3 aromatic heterocycles. The third-order valence-electron chi connectivity index (χ3n) is 5.75. The number of carbonyl (C=O) groups is 1. The molecule has 3 aromatic rings. The maximum Gasteiger partial charge on any atom is 0.412 e. The number of ether oxygens (including phenoxy) is 2. The molecule has 11 nitrogen and oxygen atoms in total. The first kappa shape index (κ1) is 22.7. The first-order valence-corrected chi connectivity index (χ1v) is 11.3. The van der Waals surface area contributed by atoms with Gasteiger partial charge in [0.2, 0.25) is 0 Å². The van der Waals surface area contributed by atoms with Crippen molar-refractivity contribution >= 4 is 22.9 Å². The molecule has 0 radical (unpaired) electrons. The summed E-state index contributed by atoms with van der Waals surface area (Å²) in [6.45, 7) is 5.25. The molecular formula is C22H30N8O3. The van der Waals surface area contributed by atoms with Crippen molar-refractivity contribution in [3.05, 3.63) is 29.7 Å². The second-order valence-electron chi connectivity index (χ2n) is 8.04. The van der Waals surface area contributed by atoms with Gasteiger partial charge >= 0.3 is 12.1 Å². The molecule has 1 aliphatic heterocycles. The van der Waals surface area contributed by atoms with Gasteiger partial charge in [-0.15, -0.1) is 0 Å². The molecule has 1 fully saturated rings. The predicted octanol–water partition coefficient (Wildman–Crippen LogP) is 2.41. The Hall–Kier alpha value is -3.47. The summed E-state index contributed by atoms with van der Waals surface area (Å²) in [6.07, 6.45) is 6.63. The van der Waals surface area contributed by atoms with Crippen LogP contribution in [0.4, 0.5) is 10.6 Å². The van der Waals surface area contributed by atoms with Crippen molar-refractivity contribution in [2.24, 2.45) is 5.73 Å². The van der Waals surface area contributed by atoms with E-state index in [-0.39, 0.29) is 6.01 Å². The molecule has 176 valence electrons. The van der Waals surface area contributed by atoms with E-state index in [1.54, 1.807) is 18.0 Å². The molecule has 0 aliphatic carbocycles. The molecule has 0 aromatic carbocycles. The normalized spacial score (nSPS) is 14.4. The van der Waals surface area contributed by atoms with Crippen LogP contribution < -0.4 is 25.8 Å². The zero-order chi connectivity index (χ0) is 23.2. The average Bonchev–Trinajstić information content (AvgIpc) is 3.22. The molecule has 1 aliphatic rings. The standard InChI is InChI=1S/C22H30N8O3/c1-3-4-7-25-20-19-17(28-22(29-20)33-21(23)31)12-27-30(19)13-15-11-26-16(10-18(15)32-2)14-5-8-24-9-6-14/h10-12,14,24H,3-9,13H2,1-2H3,(H2,23,31)(H,25,28,29). The largest absolute Gasteiger partial charge is 0.496 e. The number of hydrogen-bond donors (Lipinski definition) is 3. The van der Waals surface area contributed by atoms with Crippen LogP contribution in [0.25, 0.3) is 11.0 Å². The Morgan fingerprint density at radius 3 is 2.85 bits per heavy atom. The van der Waals surface area contributed by atoms with Crippen LogP contribution in [0.5, 0.6) is 11.8 Å². The highest BCUT2D eigenvalue weighted by Crippen LogP contribution is 2.30. The number of carbonyl (C=O) groups excluding carboxylic acids is 1. The number of fused-ring (bicyclic) bond motifs is 1. The number of nitrogens with two attached hydrogens (primary N) is 1. The molecule has 4 N–H and O–H groups in total. The summed E-state index contributed by atoms with van der Waals surface area (Å²) in [5, 5.41) is 11.2. The van der Waals surface area contributed by atoms with E-state index in [0.29, 0.717) is 35.9 Å². The molecule has 0 spiro atoms. The average molecular weight is 455 g/mol. The lowest BCUT2D eigenvalue weighted by Crippen LogP contribution is -2.27. The number of amides is 1. The van der Waals surface area contributed by atoms with Gasteiger partial charge < -0.3 is 25.8 Å². The minimum atomic E-state index is -0.967. The highest BCUT2D eigenvalue weighted by atomic mass is 16.6. The Bertz CT molecular complexity index is 1110. The van der Waals surface area contributed by atoms with Crippen molar-refractivity contribution < 1.29 is 14.3 Å². The monoisotopic (exact) mass is 454 g/mol. The van der Waals surface area contributed by atoms with Crippen molar-refractivity contribution in [2.75, 3.05) is 32.1 Å². The molecule has 33 heavy (non-hydrogen) atoms. The van der Waals surface area contributed by atoms with E-state index >= 15 is 0 Å². The van der Waals surface area contributed by atoms with E-state index < -0.39 is 6.09 Å². The van der Waals surface area contributed by atoms with Crippen LogP contribution in [0.3, 0.4) is 0 Å². The number of rotatable bonds is 9. The van der Waals surface area contributed by atoms with Crippen LogP contribution in [0.2, 0.25) is 0 Å². The van der Waals surface area contributed by atoms with Gasteiger partial charge in [-0.25, -0.2) is 4.79 Å². The topological polar surface area (TPSA) is 142 Å². The van der Waals surface area contributed by atoms with Crippen LogP contribution >= 0.6 is 0 Å². The smallest absolute Gasteiger partial charge is 0.412 e. The summed E-state index contributed by atoms with van der Waals surface area (Å²) >= 11 is 0. The fourth-order valence-electron chi connectivity index (χ4n) is 4.03. The summed E-state index contributed by atoms with van der Waals surface area (Å²) in [7, 11) is 1.67. The van der Waals surface area contributed by atoms with Crippen molar-refractivity contribution in [3.63, 3.8) is 0 Å². The van der Waals surface area contributed by atoms with Crippen LogP contribution in [-0.4, -0.2) is 57.6 Å². The van der Waals surface area contributed by atoms with Crippen LogP contribution in [0, 0.1) is 0 Å². The predicted molar refractivity (Wildman–Crippen MR) is 124 cm³/mol. The highest BCUT2D eigenvalue weighted by molar-refractivity contribution is 5.86. The van der Waals surface area contributed by atoms with Crippen molar-refractivity contribution in [1.29, 1.82) is 0 Å². The van der Waals surface area contributed by atoms with Crippen molar-refractivity contribution in [3.8, 4) is 11.8 Å². The maximum atomic E-state index is 11.2. The lowest BCUT2D eigenvalue weighted by Gasteiger charge is -2.23. The number of piperidine rings is 1. The molecule has 0 bridgehead atoms. The lowest BCUT2D eigenvalue weighted by molar-refractivity contribution is 0.207. The van der Waals surface area contributed by atoms with Gasteiger partial charge in [0, 0.05) is 36.0 Å². The van der Waals surface area contributed by atoms with Gasteiger partial charge in [-0.1, -0.05) is 13.3 Å². The van der Waals surface area contributed by atoms with Gasteiger partial charge in [0.05, 0.1) is 19.9 Å². The van der Waals surface area contributed by atoms with E-state index in [9.17, 15) is 4.79 Å². The van der Waals surface area contributed by atoms with Gasteiger partial charge in [0.25, 0.3) is 0 Å². The van der Waals surface area contributed by atoms with Gasteiger partial charge in [-0.05, 0) is 32.4 Å². The van der Waals surface area contributed by atoms with Gasteiger partial charge in [-0.3, -0.25) is 9.67 Å². The van der Waals surface area contributed by atoms with Crippen LogP contribution in [0.1, 0.15) is 49.8 Å². The summed E-state index contributed by atoms with van der Waals surface area (Å²) in [6, 6.07) is 1.92. The molecule has 11 heteroatoms. The second kappa shape index (κ2) is 10.4. The SMILES string of the molecule is CCCCNc1nc(OC(N)=O)nc2cnn(Cc3cnc(C4CCNCC4)cc3OC)c12. The Morgan fingerprint density at radius 2 is 2.12 bits per heavy atom. The van der Waals surface area contributed by atoms with E-state index in [0.717, 1.165) is 55.8 Å². The number of anilines is 1. The van der Waals surface area contributed by atoms with E-state index in [1.165, 1.54) is 0 Å². The molecule has 1 amide bonds. The summed E-state index contributed by atoms with van der Waals surface area (Å²) in [5.74, 6) is 1.74. The van der Waals surface area contributed by atoms with E-state index in [4.69, 9.17) is 20.2 Å². The van der Waals surface area contributed by atoms with E-state index in [1.807, 2.05) is 12.3 Å². The Kier molecular flexibility index (Phi) is 7.18. The quantitative estimate of drug-likeness (QED) is 0.415. The second-order valence-corrected chi connectivity index (χ2v) is 8.04. The van der Waals surface area contributed by atoms with Crippen molar-refractivity contribution in [2.45, 2.75) is 45.1 Å². The first-order chi connectivity index (χ1) is 16.1. The number of pyridine rings is 1. The number of nitrogens with one attached hydrogen (secondary N) is 2. The molecule has 0 atom stereocenters. The lowest BCUT2D eigenvalue weighted by atomic mass is 9.93. The van der Waals surface area contributed by atoms with Gasteiger partial charge in [-0.2, -0.15) is 15.1 Å². The minimum Gasteiger partial charge on any atom is -0.496 e. The third kappa shape index (κ3) is 5.30. The minimum absolute atomic E-state index is 0.112. The van der Waals surface area contributed by atoms with Crippen molar-refractivity contribution in [1.82, 2.24) is 30.0 Å². The first-order valence-electron chi connectivity index (χ1n) is 11.3. The molecular weight excluding hydrogens is 424 g/mol. The molecule has 1 saturated heterocycles.